The second kappa shape index (κ2) is 6.29. The van der Waals surface area contributed by atoms with E-state index in [4.69, 9.17) is 0 Å². The van der Waals surface area contributed by atoms with Crippen molar-refractivity contribution in [1.82, 2.24) is 5.01 Å². The summed E-state index contributed by atoms with van der Waals surface area (Å²) in [4.78, 5) is -0.339. The zero-order chi connectivity index (χ0) is 19.1. The van der Waals surface area contributed by atoms with Crippen LogP contribution in [0.4, 0.5) is 4.39 Å². The Morgan fingerprint density at radius 3 is 2.58 bits per heavy atom. The number of rotatable bonds is 3. The lowest BCUT2D eigenvalue weighted by molar-refractivity contribution is 0.549. The van der Waals surface area contributed by atoms with Gasteiger partial charge in [-0.2, -0.15) is 13.5 Å². The standard InChI is InChI=1S/C16H14FN3O4S2/c1-20(16-12-5-3-4-6-14(12)26(23,24)19-16)18-10-11-7-8-13(17)15(9-11)25(2,21)22/h3-10H,1-2H3/b18-10+. The number of fused-ring (bicyclic) bond motifs is 1. The average Bonchev–Trinajstić information content (AvgIpc) is 2.85. The molecule has 0 bridgehead atoms. The molecule has 1 aliphatic rings. The van der Waals surface area contributed by atoms with Crippen molar-refractivity contribution < 1.29 is 21.2 Å². The summed E-state index contributed by atoms with van der Waals surface area (Å²) in [7, 11) is -5.98. The lowest BCUT2D eigenvalue weighted by atomic mass is 10.2. The fraction of sp³-hybridized carbons (Fsp3) is 0.125. The fourth-order valence-electron chi connectivity index (χ4n) is 2.41. The van der Waals surface area contributed by atoms with Gasteiger partial charge in [0.1, 0.15) is 15.6 Å². The molecule has 2 aromatic rings. The minimum atomic E-state index is -3.77. The van der Waals surface area contributed by atoms with Crippen LogP contribution in [0.15, 0.2) is 61.8 Å². The summed E-state index contributed by atoms with van der Waals surface area (Å²) < 4.78 is 64.6. The first-order valence-electron chi connectivity index (χ1n) is 7.31. The maximum Gasteiger partial charge on any atom is 0.285 e. The van der Waals surface area contributed by atoms with Crippen LogP contribution >= 0.6 is 0 Å². The molecule has 136 valence electrons. The molecule has 0 N–H and O–H groups in total. The van der Waals surface area contributed by atoms with Gasteiger partial charge in [-0.3, -0.25) is 0 Å². The van der Waals surface area contributed by atoms with E-state index in [1.54, 1.807) is 18.2 Å². The SMILES string of the molecule is CN(/N=C/c1ccc(F)c(S(C)(=O)=O)c1)C1=NS(=O)(=O)c2ccccc21. The Morgan fingerprint density at radius 2 is 1.88 bits per heavy atom. The van der Waals surface area contributed by atoms with Crippen molar-refractivity contribution in [3.05, 3.63) is 59.4 Å². The van der Waals surface area contributed by atoms with Gasteiger partial charge in [0.25, 0.3) is 10.0 Å². The average molecular weight is 395 g/mol. The van der Waals surface area contributed by atoms with E-state index in [1.165, 1.54) is 30.4 Å². The molecule has 0 amide bonds. The largest absolute Gasteiger partial charge is 0.285 e. The molecule has 0 radical (unpaired) electrons. The molecule has 0 saturated carbocycles. The molecule has 0 fully saturated rings. The molecule has 1 aliphatic heterocycles. The van der Waals surface area contributed by atoms with Gasteiger partial charge < -0.3 is 0 Å². The zero-order valence-electron chi connectivity index (χ0n) is 13.8. The summed E-state index contributed by atoms with van der Waals surface area (Å²) >= 11 is 0. The number of halogens is 1. The van der Waals surface area contributed by atoms with E-state index < -0.39 is 30.6 Å². The quantitative estimate of drug-likeness (QED) is 0.582. The van der Waals surface area contributed by atoms with Crippen LogP contribution in [0.1, 0.15) is 11.1 Å². The highest BCUT2D eigenvalue weighted by Crippen LogP contribution is 2.27. The highest BCUT2D eigenvalue weighted by molar-refractivity contribution is 7.91. The van der Waals surface area contributed by atoms with E-state index in [0.29, 0.717) is 11.1 Å². The van der Waals surface area contributed by atoms with Crippen LogP contribution in [0.25, 0.3) is 0 Å². The van der Waals surface area contributed by atoms with Crippen LogP contribution < -0.4 is 0 Å². The predicted octanol–water partition coefficient (Wildman–Crippen LogP) is 1.64. The molecule has 1 heterocycles. The first kappa shape index (κ1) is 18.2. The van der Waals surface area contributed by atoms with Crippen molar-refractivity contribution in [3.63, 3.8) is 0 Å². The summed E-state index contributed by atoms with van der Waals surface area (Å²) in [6.07, 6.45) is 2.21. The highest BCUT2D eigenvalue weighted by Gasteiger charge is 2.30. The molecule has 26 heavy (non-hydrogen) atoms. The van der Waals surface area contributed by atoms with E-state index >= 15 is 0 Å². The second-order valence-electron chi connectivity index (χ2n) is 5.62. The molecule has 0 unspecified atom stereocenters. The van der Waals surface area contributed by atoms with Crippen LogP contribution in [0.5, 0.6) is 0 Å². The molecule has 0 spiro atoms. The summed E-state index contributed by atoms with van der Waals surface area (Å²) in [6.45, 7) is 0. The predicted molar refractivity (Wildman–Crippen MR) is 95.0 cm³/mol. The molecular formula is C16H14FN3O4S2. The van der Waals surface area contributed by atoms with Crippen LogP contribution in [0.2, 0.25) is 0 Å². The Hall–Kier alpha value is -2.59. The molecule has 7 nitrogen and oxygen atoms in total. The third-order valence-electron chi connectivity index (χ3n) is 3.65. The lowest BCUT2D eigenvalue weighted by Crippen LogP contribution is -2.21. The van der Waals surface area contributed by atoms with Gasteiger partial charge in [-0.15, -0.1) is 4.40 Å². The molecule has 0 saturated heterocycles. The molecule has 3 rings (SSSR count). The molecule has 10 heteroatoms. The third kappa shape index (κ3) is 3.37. The van der Waals surface area contributed by atoms with Crippen molar-refractivity contribution in [2.45, 2.75) is 9.79 Å². The topological polar surface area (TPSA) is 96.2 Å². The Bertz CT molecular complexity index is 1160. The van der Waals surface area contributed by atoms with Crippen LogP contribution in [-0.2, 0) is 19.9 Å². The minimum Gasteiger partial charge on any atom is -0.250 e. The van der Waals surface area contributed by atoms with Crippen molar-refractivity contribution in [2.75, 3.05) is 13.3 Å². The molecule has 0 aliphatic carbocycles. The van der Waals surface area contributed by atoms with Gasteiger partial charge in [0.05, 0.1) is 6.21 Å². The van der Waals surface area contributed by atoms with Gasteiger partial charge in [0, 0.05) is 18.9 Å². The Morgan fingerprint density at radius 1 is 1.19 bits per heavy atom. The number of hydrogen-bond acceptors (Lipinski definition) is 6. The number of sulfonamides is 1. The summed E-state index contributed by atoms with van der Waals surface area (Å²) in [5.74, 6) is -0.708. The monoisotopic (exact) mass is 395 g/mol. The molecule has 2 aromatic carbocycles. The van der Waals surface area contributed by atoms with Crippen LogP contribution in [0, 0.1) is 5.82 Å². The van der Waals surface area contributed by atoms with Crippen molar-refractivity contribution >= 4 is 31.9 Å². The van der Waals surface area contributed by atoms with E-state index in [2.05, 4.69) is 9.50 Å². The maximum absolute atomic E-state index is 13.6. The van der Waals surface area contributed by atoms with E-state index in [0.717, 1.165) is 18.4 Å². The molecule has 0 aromatic heterocycles. The summed E-state index contributed by atoms with van der Waals surface area (Å²) in [5, 5.41) is 5.35. The van der Waals surface area contributed by atoms with E-state index in [1.807, 2.05) is 0 Å². The number of benzene rings is 2. The number of hydrazone groups is 1. The zero-order valence-corrected chi connectivity index (χ0v) is 15.4. The number of nitrogens with zero attached hydrogens (tertiary/aromatic N) is 3. The highest BCUT2D eigenvalue weighted by atomic mass is 32.2. The van der Waals surface area contributed by atoms with Crippen LogP contribution in [0.3, 0.4) is 0 Å². The van der Waals surface area contributed by atoms with Gasteiger partial charge in [-0.05, 0) is 29.8 Å². The molecule has 0 atom stereocenters. The van der Waals surface area contributed by atoms with Gasteiger partial charge in [0.15, 0.2) is 15.7 Å². The summed E-state index contributed by atoms with van der Waals surface area (Å²) in [6, 6.07) is 9.91. The minimum absolute atomic E-state index is 0.0956. The lowest BCUT2D eigenvalue weighted by Gasteiger charge is -2.12. The Balaban J connectivity index is 1.94. The Labute approximate surface area is 150 Å². The van der Waals surface area contributed by atoms with Gasteiger partial charge in [0.2, 0.25) is 0 Å². The normalized spacial score (nSPS) is 15.7. The van der Waals surface area contributed by atoms with Crippen molar-refractivity contribution in [3.8, 4) is 0 Å². The van der Waals surface area contributed by atoms with Crippen molar-refractivity contribution in [1.29, 1.82) is 0 Å². The van der Waals surface area contributed by atoms with Gasteiger partial charge in [-0.1, -0.05) is 18.2 Å². The summed E-state index contributed by atoms with van der Waals surface area (Å²) in [5.41, 5.74) is 0.761. The van der Waals surface area contributed by atoms with Gasteiger partial charge in [-0.25, -0.2) is 17.8 Å². The van der Waals surface area contributed by atoms with E-state index in [-0.39, 0.29) is 10.7 Å². The van der Waals surface area contributed by atoms with E-state index in [9.17, 15) is 21.2 Å². The second-order valence-corrected chi connectivity index (χ2v) is 9.17. The number of hydrogen-bond donors (Lipinski definition) is 0. The smallest absolute Gasteiger partial charge is 0.250 e. The van der Waals surface area contributed by atoms with Gasteiger partial charge >= 0.3 is 0 Å². The first-order valence-corrected chi connectivity index (χ1v) is 10.6. The third-order valence-corrected chi connectivity index (χ3v) is 6.09. The van der Waals surface area contributed by atoms with Crippen LogP contribution in [-0.4, -0.2) is 47.2 Å². The number of sulfone groups is 1. The first-order chi connectivity index (χ1) is 12.1. The fourth-order valence-corrected chi connectivity index (χ4v) is 4.42. The number of amidine groups is 1. The molecular weight excluding hydrogens is 381 g/mol. The Kier molecular flexibility index (Phi) is 4.41. The van der Waals surface area contributed by atoms with Crippen molar-refractivity contribution in [2.24, 2.45) is 9.50 Å². The maximum atomic E-state index is 13.6.